The number of nitrogens with zero attached hydrogens (tertiary/aromatic N) is 1. The molecule has 0 radical (unpaired) electrons. The summed E-state index contributed by atoms with van der Waals surface area (Å²) in [6.45, 7) is 6.86. The van der Waals surface area contributed by atoms with Crippen LogP contribution in [0.15, 0.2) is 0 Å². The third-order valence-electron chi connectivity index (χ3n) is 3.54. The van der Waals surface area contributed by atoms with E-state index in [-0.39, 0.29) is 5.91 Å². The molecule has 1 fully saturated rings. The number of hydrogen-bond acceptors (Lipinski definition) is 2. The number of piperidine rings is 1. The maximum absolute atomic E-state index is 11.5. The van der Waals surface area contributed by atoms with Gasteiger partial charge in [-0.15, -0.1) is 0 Å². The average Bonchev–Trinajstić information content (AvgIpc) is 2.19. The minimum absolute atomic E-state index is 0.227. The number of carbonyl (C=O) groups excluding carboxylic acids is 1. The van der Waals surface area contributed by atoms with E-state index in [2.05, 4.69) is 13.8 Å². The SMILES string of the molecule is CCC1(C)CCN(C(=O)CCN)CC1. The Labute approximate surface area is 86.6 Å². The first-order valence-corrected chi connectivity index (χ1v) is 5.59. The summed E-state index contributed by atoms with van der Waals surface area (Å²) in [5.74, 6) is 0.227. The topological polar surface area (TPSA) is 46.3 Å². The molecule has 0 bridgehead atoms. The molecule has 0 aliphatic carbocycles. The van der Waals surface area contributed by atoms with E-state index >= 15 is 0 Å². The smallest absolute Gasteiger partial charge is 0.223 e. The van der Waals surface area contributed by atoms with Gasteiger partial charge in [0, 0.05) is 26.1 Å². The van der Waals surface area contributed by atoms with Crippen molar-refractivity contribution >= 4 is 5.91 Å². The molecule has 14 heavy (non-hydrogen) atoms. The highest BCUT2D eigenvalue weighted by atomic mass is 16.2. The summed E-state index contributed by atoms with van der Waals surface area (Å²) in [6.07, 6.45) is 3.99. The summed E-state index contributed by atoms with van der Waals surface area (Å²) in [4.78, 5) is 13.5. The normalized spacial score (nSPS) is 20.9. The van der Waals surface area contributed by atoms with Gasteiger partial charge < -0.3 is 10.6 Å². The van der Waals surface area contributed by atoms with Crippen LogP contribution in [0.25, 0.3) is 0 Å². The van der Waals surface area contributed by atoms with Crippen molar-refractivity contribution < 1.29 is 4.79 Å². The number of hydrogen-bond donors (Lipinski definition) is 1. The Kier molecular flexibility index (Phi) is 3.93. The summed E-state index contributed by atoms with van der Waals surface area (Å²) < 4.78 is 0. The van der Waals surface area contributed by atoms with Crippen molar-refractivity contribution in [3.63, 3.8) is 0 Å². The quantitative estimate of drug-likeness (QED) is 0.744. The zero-order chi connectivity index (χ0) is 10.6. The molecular weight excluding hydrogens is 176 g/mol. The molecule has 1 aliphatic rings. The fraction of sp³-hybridized carbons (Fsp3) is 0.909. The molecule has 0 aromatic carbocycles. The summed E-state index contributed by atoms with van der Waals surface area (Å²) >= 11 is 0. The Morgan fingerprint density at radius 1 is 1.43 bits per heavy atom. The molecule has 1 heterocycles. The maximum atomic E-state index is 11.5. The van der Waals surface area contributed by atoms with E-state index in [1.807, 2.05) is 4.90 Å². The van der Waals surface area contributed by atoms with Crippen LogP contribution >= 0.6 is 0 Å². The third-order valence-corrected chi connectivity index (χ3v) is 3.54. The first-order chi connectivity index (χ1) is 6.61. The molecule has 82 valence electrons. The fourth-order valence-corrected chi connectivity index (χ4v) is 1.93. The van der Waals surface area contributed by atoms with E-state index < -0.39 is 0 Å². The Balaban J connectivity index is 2.39. The third kappa shape index (κ3) is 2.71. The average molecular weight is 198 g/mol. The first-order valence-electron chi connectivity index (χ1n) is 5.59. The second-order valence-electron chi connectivity index (χ2n) is 4.58. The second kappa shape index (κ2) is 4.78. The van der Waals surface area contributed by atoms with Crippen molar-refractivity contribution in [3.05, 3.63) is 0 Å². The lowest BCUT2D eigenvalue weighted by Crippen LogP contribution is -2.42. The highest BCUT2D eigenvalue weighted by Gasteiger charge is 2.29. The molecule has 0 unspecified atom stereocenters. The number of rotatable bonds is 3. The monoisotopic (exact) mass is 198 g/mol. The van der Waals surface area contributed by atoms with E-state index in [1.54, 1.807) is 0 Å². The zero-order valence-corrected chi connectivity index (χ0v) is 9.38. The molecule has 0 saturated carbocycles. The van der Waals surface area contributed by atoms with Gasteiger partial charge in [0.25, 0.3) is 0 Å². The van der Waals surface area contributed by atoms with Gasteiger partial charge in [-0.05, 0) is 18.3 Å². The summed E-state index contributed by atoms with van der Waals surface area (Å²) in [7, 11) is 0. The fourth-order valence-electron chi connectivity index (χ4n) is 1.93. The number of nitrogens with two attached hydrogens (primary N) is 1. The van der Waals surface area contributed by atoms with Crippen LogP contribution in [-0.2, 0) is 4.79 Å². The van der Waals surface area contributed by atoms with Gasteiger partial charge in [-0.25, -0.2) is 0 Å². The Morgan fingerprint density at radius 2 is 2.00 bits per heavy atom. The van der Waals surface area contributed by atoms with Crippen molar-refractivity contribution in [2.75, 3.05) is 19.6 Å². The van der Waals surface area contributed by atoms with Crippen LogP contribution in [0, 0.1) is 5.41 Å². The van der Waals surface area contributed by atoms with Gasteiger partial charge in [0.1, 0.15) is 0 Å². The Hall–Kier alpha value is -0.570. The summed E-state index contributed by atoms with van der Waals surface area (Å²) in [5, 5.41) is 0. The van der Waals surface area contributed by atoms with Gasteiger partial charge >= 0.3 is 0 Å². The number of amides is 1. The van der Waals surface area contributed by atoms with Gasteiger partial charge in [0.2, 0.25) is 5.91 Å². The Morgan fingerprint density at radius 3 is 2.43 bits per heavy atom. The van der Waals surface area contributed by atoms with Crippen molar-refractivity contribution in [1.82, 2.24) is 4.90 Å². The van der Waals surface area contributed by atoms with Gasteiger partial charge in [-0.1, -0.05) is 20.3 Å². The van der Waals surface area contributed by atoms with E-state index in [0.717, 1.165) is 25.9 Å². The standard InChI is InChI=1S/C11H22N2O/c1-3-11(2)5-8-13(9-6-11)10(14)4-7-12/h3-9,12H2,1-2H3. The molecule has 2 N–H and O–H groups in total. The van der Waals surface area contributed by atoms with Gasteiger partial charge in [0.05, 0.1) is 0 Å². The predicted molar refractivity (Wildman–Crippen MR) is 57.9 cm³/mol. The van der Waals surface area contributed by atoms with Crippen LogP contribution in [0.5, 0.6) is 0 Å². The largest absolute Gasteiger partial charge is 0.343 e. The van der Waals surface area contributed by atoms with E-state index in [4.69, 9.17) is 5.73 Å². The molecule has 1 aliphatic heterocycles. The summed E-state index contributed by atoms with van der Waals surface area (Å²) in [6, 6.07) is 0. The minimum atomic E-state index is 0.227. The van der Waals surface area contributed by atoms with Crippen LogP contribution in [0.2, 0.25) is 0 Å². The molecule has 1 saturated heterocycles. The lowest BCUT2D eigenvalue weighted by molar-refractivity contribution is -0.133. The van der Waals surface area contributed by atoms with Crippen molar-refractivity contribution in [2.24, 2.45) is 11.1 Å². The van der Waals surface area contributed by atoms with Gasteiger partial charge in [-0.3, -0.25) is 4.79 Å². The molecular formula is C11H22N2O. The van der Waals surface area contributed by atoms with Crippen LogP contribution in [0.3, 0.4) is 0 Å². The number of likely N-dealkylation sites (tertiary alicyclic amines) is 1. The molecule has 1 amide bonds. The molecule has 3 heteroatoms. The lowest BCUT2D eigenvalue weighted by Gasteiger charge is -2.38. The molecule has 0 atom stereocenters. The predicted octanol–water partition coefficient (Wildman–Crippen LogP) is 1.37. The van der Waals surface area contributed by atoms with Crippen molar-refractivity contribution in [3.8, 4) is 0 Å². The van der Waals surface area contributed by atoms with Crippen molar-refractivity contribution in [2.45, 2.75) is 39.5 Å². The van der Waals surface area contributed by atoms with Crippen LogP contribution in [-0.4, -0.2) is 30.4 Å². The molecule has 0 aromatic rings. The highest BCUT2D eigenvalue weighted by Crippen LogP contribution is 2.33. The first kappa shape index (κ1) is 11.5. The zero-order valence-electron chi connectivity index (χ0n) is 9.38. The van der Waals surface area contributed by atoms with Crippen LogP contribution in [0.4, 0.5) is 0 Å². The molecule has 0 spiro atoms. The molecule has 3 nitrogen and oxygen atoms in total. The molecule has 0 aromatic heterocycles. The second-order valence-corrected chi connectivity index (χ2v) is 4.58. The highest BCUT2D eigenvalue weighted by molar-refractivity contribution is 5.76. The number of carbonyl (C=O) groups is 1. The minimum Gasteiger partial charge on any atom is -0.343 e. The lowest BCUT2D eigenvalue weighted by atomic mass is 9.78. The van der Waals surface area contributed by atoms with Gasteiger partial charge in [0.15, 0.2) is 0 Å². The van der Waals surface area contributed by atoms with Crippen molar-refractivity contribution in [1.29, 1.82) is 0 Å². The van der Waals surface area contributed by atoms with Crippen LogP contribution in [0.1, 0.15) is 39.5 Å². The molecule has 1 rings (SSSR count). The van der Waals surface area contributed by atoms with Gasteiger partial charge in [-0.2, -0.15) is 0 Å². The van der Waals surface area contributed by atoms with E-state index in [9.17, 15) is 4.79 Å². The van der Waals surface area contributed by atoms with Crippen LogP contribution < -0.4 is 5.73 Å². The Bertz CT molecular complexity index is 195. The maximum Gasteiger partial charge on any atom is 0.223 e. The van der Waals surface area contributed by atoms with E-state index in [1.165, 1.54) is 6.42 Å². The van der Waals surface area contributed by atoms with E-state index in [0.29, 0.717) is 18.4 Å². The summed E-state index contributed by atoms with van der Waals surface area (Å²) in [5.41, 5.74) is 5.83.